The third kappa shape index (κ3) is 6.98. The zero-order valence-corrected chi connectivity index (χ0v) is 20.3. The van der Waals surface area contributed by atoms with Crippen LogP contribution in [0, 0.1) is 0 Å². The molecule has 0 spiro atoms. The quantitative estimate of drug-likeness (QED) is 0.765. The molecule has 1 N–H and O–H groups in total. The van der Waals surface area contributed by atoms with Crippen molar-refractivity contribution in [1.29, 1.82) is 0 Å². The van der Waals surface area contributed by atoms with Gasteiger partial charge in [-0.2, -0.15) is 0 Å². The highest BCUT2D eigenvalue weighted by molar-refractivity contribution is 5.50. The molecule has 0 unspecified atom stereocenters. The molecule has 2 aliphatic heterocycles. The van der Waals surface area contributed by atoms with E-state index < -0.39 is 0 Å². The van der Waals surface area contributed by atoms with Crippen LogP contribution in [0.2, 0.25) is 0 Å². The van der Waals surface area contributed by atoms with Gasteiger partial charge in [-0.15, -0.1) is 0 Å². The van der Waals surface area contributed by atoms with E-state index in [0.717, 1.165) is 39.3 Å². The molecule has 31 heavy (non-hydrogen) atoms. The molecule has 0 amide bonds. The van der Waals surface area contributed by atoms with Gasteiger partial charge in [0.2, 0.25) is 0 Å². The lowest BCUT2D eigenvalue weighted by Crippen LogP contribution is -2.44. The van der Waals surface area contributed by atoms with Gasteiger partial charge in [-0.3, -0.25) is 0 Å². The highest BCUT2D eigenvalue weighted by Gasteiger charge is 2.14. The van der Waals surface area contributed by atoms with E-state index in [2.05, 4.69) is 103 Å². The van der Waals surface area contributed by atoms with Crippen LogP contribution in [0.4, 0.5) is 11.4 Å². The van der Waals surface area contributed by atoms with Gasteiger partial charge < -0.3 is 20.0 Å². The van der Waals surface area contributed by atoms with E-state index in [1.54, 1.807) is 0 Å². The van der Waals surface area contributed by atoms with Crippen LogP contribution in [-0.2, 0) is 0 Å². The molecule has 0 saturated carbocycles. The molecule has 2 aliphatic rings. The Morgan fingerprint density at radius 3 is 1.81 bits per heavy atom. The predicted octanol–water partition coefficient (Wildman–Crippen LogP) is 4.78. The number of hydrogen-bond acceptors (Lipinski definition) is 4. The lowest BCUT2D eigenvalue weighted by Gasteiger charge is -2.34. The van der Waals surface area contributed by atoms with Gasteiger partial charge in [0, 0.05) is 63.7 Å². The molecule has 170 valence electrons. The molecular formula is C27H42N4. The van der Waals surface area contributed by atoms with Gasteiger partial charge in [-0.25, -0.2) is 0 Å². The normalized spacial score (nSPS) is 17.6. The molecule has 0 radical (unpaired) electrons. The summed E-state index contributed by atoms with van der Waals surface area (Å²) < 4.78 is 0. The number of benzene rings is 2. The van der Waals surface area contributed by atoms with Gasteiger partial charge in [0.05, 0.1) is 0 Å². The van der Waals surface area contributed by atoms with E-state index >= 15 is 0 Å². The Bertz CT molecular complexity index is 770. The highest BCUT2D eigenvalue weighted by Crippen LogP contribution is 2.22. The second-order valence-corrected chi connectivity index (χ2v) is 9.52. The van der Waals surface area contributed by atoms with Gasteiger partial charge in [0.25, 0.3) is 0 Å². The van der Waals surface area contributed by atoms with Crippen LogP contribution in [0.25, 0.3) is 0 Å². The number of hydrogen-bond donors (Lipinski definition) is 1. The minimum absolute atomic E-state index is 0.618. The summed E-state index contributed by atoms with van der Waals surface area (Å²) in [5.74, 6) is 1.24. The monoisotopic (exact) mass is 422 g/mol. The molecule has 0 atom stereocenters. The first kappa shape index (κ1) is 23.6. The molecule has 4 nitrogen and oxygen atoms in total. The van der Waals surface area contributed by atoms with Crippen LogP contribution in [-0.4, -0.2) is 64.3 Å². The van der Waals surface area contributed by atoms with Crippen LogP contribution in [0.3, 0.4) is 0 Å². The second-order valence-electron chi connectivity index (χ2n) is 9.52. The zero-order chi connectivity index (χ0) is 22.2. The fourth-order valence-electron chi connectivity index (χ4n) is 4.14. The molecular weight excluding hydrogens is 380 g/mol. The van der Waals surface area contributed by atoms with E-state index in [1.165, 1.54) is 35.6 Å². The molecule has 2 aromatic carbocycles. The Balaban J connectivity index is 0.000000176. The zero-order valence-electron chi connectivity index (χ0n) is 20.3. The van der Waals surface area contributed by atoms with E-state index in [9.17, 15) is 0 Å². The van der Waals surface area contributed by atoms with Crippen LogP contribution in [0.15, 0.2) is 48.5 Å². The number of rotatable bonds is 4. The SMILES string of the molecule is CC(C)c1ccc(N2CCN(C)CC2)cc1.CC(C)c1cccc(N2CCNCC2)c1. The van der Waals surface area contributed by atoms with Crippen molar-refractivity contribution in [3.05, 3.63) is 59.7 Å². The van der Waals surface area contributed by atoms with Crippen LogP contribution in [0.5, 0.6) is 0 Å². The summed E-state index contributed by atoms with van der Waals surface area (Å²) >= 11 is 0. The van der Waals surface area contributed by atoms with Crippen molar-refractivity contribution in [1.82, 2.24) is 10.2 Å². The van der Waals surface area contributed by atoms with E-state index in [1.807, 2.05) is 0 Å². The Morgan fingerprint density at radius 2 is 1.23 bits per heavy atom. The summed E-state index contributed by atoms with van der Waals surface area (Å²) in [6.07, 6.45) is 0. The standard InChI is InChI=1S/C14H22N2.C13H20N2/c1-12(2)13-4-6-14(7-5-13)16-10-8-15(3)9-11-16;1-11(2)12-4-3-5-13(10-12)15-8-6-14-7-9-15/h4-7,12H,8-11H2,1-3H3;3-5,10-11,14H,6-9H2,1-2H3. The number of piperazine rings is 2. The summed E-state index contributed by atoms with van der Waals surface area (Å²) in [6.45, 7) is 18.1. The second kappa shape index (κ2) is 11.5. The Hall–Kier alpha value is -2.04. The molecule has 2 fully saturated rings. The number of nitrogens with zero attached hydrogens (tertiary/aromatic N) is 3. The molecule has 0 aromatic heterocycles. The lowest BCUT2D eigenvalue weighted by atomic mass is 10.0. The summed E-state index contributed by atoms with van der Waals surface area (Å²) in [4.78, 5) is 7.32. The highest BCUT2D eigenvalue weighted by atomic mass is 15.2. The Kier molecular flexibility index (Phi) is 8.79. The lowest BCUT2D eigenvalue weighted by molar-refractivity contribution is 0.313. The summed E-state index contributed by atoms with van der Waals surface area (Å²) in [6, 6.07) is 18.0. The molecule has 4 heteroatoms. The van der Waals surface area contributed by atoms with Crippen molar-refractivity contribution in [3.8, 4) is 0 Å². The van der Waals surface area contributed by atoms with Crippen molar-refractivity contribution in [2.45, 2.75) is 39.5 Å². The van der Waals surface area contributed by atoms with Crippen molar-refractivity contribution in [3.63, 3.8) is 0 Å². The van der Waals surface area contributed by atoms with Gasteiger partial charge in [-0.05, 0) is 54.3 Å². The number of nitrogens with one attached hydrogen (secondary N) is 1. The van der Waals surface area contributed by atoms with Gasteiger partial charge in [0.15, 0.2) is 0 Å². The van der Waals surface area contributed by atoms with Crippen molar-refractivity contribution >= 4 is 11.4 Å². The number of anilines is 2. The van der Waals surface area contributed by atoms with Gasteiger partial charge in [0.1, 0.15) is 0 Å². The van der Waals surface area contributed by atoms with Gasteiger partial charge >= 0.3 is 0 Å². The van der Waals surface area contributed by atoms with E-state index in [-0.39, 0.29) is 0 Å². The minimum Gasteiger partial charge on any atom is -0.369 e. The smallest absolute Gasteiger partial charge is 0.0369 e. The van der Waals surface area contributed by atoms with Crippen molar-refractivity contribution in [2.75, 3.05) is 69.2 Å². The maximum absolute atomic E-state index is 3.38. The van der Waals surface area contributed by atoms with Crippen molar-refractivity contribution < 1.29 is 0 Å². The third-order valence-corrected chi connectivity index (χ3v) is 6.45. The molecule has 2 aromatic rings. The molecule has 2 saturated heterocycles. The maximum Gasteiger partial charge on any atom is 0.0369 e. The summed E-state index contributed by atoms with van der Waals surface area (Å²) in [7, 11) is 2.19. The first-order chi connectivity index (χ1) is 14.9. The minimum atomic E-state index is 0.618. The van der Waals surface area contributed by atoms with Crippen LogP contribution >= 0.6 is 0 Å². The largest absolute Gasteiger partial charge is 0.369 e. The fourth-order valence-corrected chi connectivity index (χ4v) is 4.14. The number of likely N-dealkylation sites (N-methyl/N-ethyl adjacent to an activating group) is 1. The van der Waals surface area contributed by atoms with Gasteiger partial charge in [-0.1, -0.05) is 52.0 Å². The topological polar surface area (TPSA) is 21.8 Å². The average molecular weight is 423 g/mol. The fraction of sp³-hybridized carbons (Fsp3) is 0.556. The molecule has 0 bridgehead atoms. The summed E-state index contributed by atoms with van der Waals surface area (Å²) in [5.41, 5.74) is 5.61. The van der Waals surface area contributed by atoms with Crippen LogP contribution < -0.4 is 15.1 Å². The summed E-state index contributed by atoms with van der Waals surface area (Å²) in [5, 5.41) is 3.38. The van der Waals surface area contributed by atoms with E-state index in [0.29, 0.717) is 11.8 Å². The predicted molar refractivity (Wildman–Crippen MR) is 136 cm³/mol. The Labute approximate surface area is 190 Å². The molecule has 2 heterocycles. The molecule has 0 aliphatic carbocycles. The maximum atomic E-state index is 3.38. The first-order valence-electron chi connectivity index (χ1n) is 12.0. The first-order valence-corrected chi connectivity index (χ1v) is 12.0. The third-order valence-electron chi connectivity index (χ3n) is 6.45. The van der Waals surface area contributed by atoms with Crippen molar-refractivity contribution in [2.24, 2.45) is 0 Å². The van der Waals surface area contributed by atoms with E-state index in [4.69, 9.17) is 0 Å². The Morgan fingerprint density at radius 1 is 0.645 bits per heavy atom. The van der Waals surface area contributed by atoms with Crippen LogP contribution in [0.1, 0.15) is 50.7 Å². The molecule has 4 rings (SSSR count). The average Bonchev–Trinajstić information content (AvgIpc) is 2.81.